The molecule has 1 fully saturated rings. The Bertz CT molecular complexity index is 655. The highest BCUT2D eigenvalue weighted by Crippen LogP contribution is 2.22. The van der Waals surface area contributed by atoms with Crippen molar-refractivity contribution in [2.45, 2.75) is 32.6 Å². The van der Waals surface area contributed by atoms with Crippen LogP contribution in [0.15, 0.2) is 35.1 Å². The second kappa shape index (κ2) is 6.12. The van der Waals surface area contributed by atoms with E-state index in [1.807, 2.05) is 37.3 Å². The van der Waals surface area contributed by atoms with Gasteiger partial charge in [0.25, 0.3) is 5.56 Å². The summed E-state index contributed by atoms with van der Waals surface area (Å²) in [5.74, 6) is 0.714. The lowest BCUT2D eigenvalue weighted by atomic mass is 10.1. The second-order valence-electron chi connectivity index (χ2n) is 5.63. The van der Waals surface area contributed by atoms with E-state index in [9.17, 15) is 4.79 Å². The molecule has 1 aliphatic heterocycles. The third-order valence-electron chi connectivity index (χ3n) is 4.09. The van der Waals surface area contributed by atoms with Crippen molar-refractivity contribution in [1.82, 2.24) is 9.97 Å². The maximum atomic E-state index is 12.2. The van der Waals surface area contributed by atoms with E-state index in [1.54, 1.807) is 0 Å². The van der Waals surface area contributed by atoms with Crippen molar-refractivity contribution in [3.05, 3.63) is 46.2 Å². The van der Waals surface area contributed by atoms with E-state index in [4.69, 9.17) is 4.98 Å². The number of benzene rings is 1. The molecule has 0 spiro atoms. The Labute approximate surface area is 124 Å². The van der Waals surface area contributed by atoms with E-state index in [1.165, 1.54) is 12.8 Å². The highest BCUT2D eigenvalue weighted by molar-refractivity contribution is 5.63. The topological polar surface area (TPSA) is 49.0 Å². The molecule has 0 bridgehead atoms. The summed E-state index contributed by atoms with van der Waals surface area (Å²) in [5, 5.41) is 0. The zero-order chi connectivity index (χ0) is 14.7. The third-order valence-corrected chi connectivity index (χ3v) is 4.09. The maximum Gasteiger partial charge on any atom is 0.255 e. The van der Waals surface area contributed by atoms with E-state index >= 15 is 0 Å². The summed E-state index contributed by atoms with van der Waals surface area (Å²) < 4.78 is 0. The van der Waals surface area contributed by atoms with E-state index < -0.39 is 0 Å². The summed E-state index contributed by atoms with van der Waals surface area (Å²) in [7, 11) is 0. The predicted molar refractivity (Wildman–Crippen MR) is 85.7 cm³/mol. The number of hydrogen-bond acceptors (Lipinski definition) is 3. The summed E-state index contributed by atoms with van der Waals surface area (Å²) in [4.78, 5) is 22.1. The van der Waals surface area contributed by atoms with E-state index in [-0.39, 0.29) is 5.56 Å². The quantitative estimate of drug-likeness (QED) is 0.921. The Morgan fingerprint density at radius 2 is 1.71 bits per heavy atom. The van der Waals surface area contributed by atoms with Crippen molar-refractivity contribution < 1.29 is 0 Å². The molecule has 1 saturated heterocycles. The van der Waals surface area contributed by atoms with Crippen LogP contribution in [-0.4, -0.2) is 23.1 Å². The number of anilines is 1. The van der Waals surface area contributed by atoms with Gasteiger partial charge in [0.15, 0.2) is 0 Å². The smallest absolute Gasteiger partial charge is 0.255 e. The van der Waals surface area contributed by atoms with Gasteiger partial charge in [-0.25, -0.2) is 4.98 Å². The van der Waals surface area contributed by atoms with Crippen LogP contribution >= 0.6 is 0 Å². The van der Waals surface area contributed by atoms with Crippen LogP contribution in [0, 0.1) is 6.92 Å². The minimum atomic E-state index is -0.0388. The molecule has 3 rings (SSSR count). The number of nitrogens with one attached hydrogen (secondary N) is 1. The Morgan fingerprint density at radius 3 is 2.38 bits per heavy atom. The minimum absolute atomic E-state index is 0.0388. The fourth-order valence-electron chi connectivity index (χ4n) is 2.83. The van der Waals surface area contributed by atoms with Crippen LogP contribution in [-0.2, 0) is 0 Å². The van der Waals surface area contributed by atoms with Crippen molar-refractivity contribution in [1.29, 1.82) is 0 Å². The molecule has 110 valence electrons. The Hall–Kier alpha value is -2.10. The molecular formula is C17H21N3O. The number of hydrogen-bond donors (Lipinski definition) is 1. The van der Waals surface area contributed by atoms with Gasteiger partial charge in [-0.15, -0.1) is 0 Å². The molecule has 0 radical (unpaired) electrons. The molecule has 1 aliphatic rings. The molecule has 2 heterocycles. The summed E-state index contributed by atoms with van der Waals surface area (Å²) in [6, 6.07) is 9.93. The van der Waals surface area contributed by atoms with Crippen molar-refractivity contribution >= 4 is 5.95 Å². The van der Waals surface area contributed by atoms with Crippen molar-refractivity contribution in [3.8, 4) is 11.3 Å². The lowest BCUT2D eigenvalue weighted by Crippen LogP contribution is -2.29. The SMILES string of the molecule is Cc1c(-c2ccccc2)nc(N2CCCCCC2)[nH]c1=O. The number of aromatic amines is 1. The highest BCUT2D eigenvalue weighted by Gasteiger charge is 2.15. The van der Waals surface area contributed by atoms with Crippen LogP contribution in [0.4, 0.5) is 5.95 Å². The zero-order valence-electron chi connectivity index (χ0n) is 12.4. The Kier molecular flexibility index (Phi) is 4.04. The summed E-state index contributed by atoms with van der Waals surface area (Å²) in [6.45, 7) is 3.78. The van der Waals surface area contributed by atoms with Gasteiger partial charge in [0.2, 0.25) is 5.95 Å². The van der Waals surface area contributed by atoms with E-state index in [2.05, 4.69) is 9.88 Å². The molecule has 0 amide bonds. The lowest BCUT2D eigenvalue weighted by molar-refractivity contribution is 0.726. The first-order chi connectivity index (χ1) is 10.3. The highest BCUT2D eigenvalue weighted by atomic mass is 16.1. The van der Waals surface area contributed by atoms with Gasteiger partial charge in [-0.1, -0.05) is 43.2 Å². The van der Waals surface area contributed by atoms with Gasteiger partial charge in [-0.3, -0.25) is 9.78 Å². The monoisotopic (exact) mass is 283 g/mol. The van der Waals surface area contributed by atoms with Gasteiger partial charge in [-0.05, 0) is 19.8 Å². The largest absolute Gasteiger partial charge is 0.342 e. The fourth-order valence-corrected chi connectivity index (χ4v) is 2.83. The fraction of sp³-hybridized carbons (Fsp3) is 0.412. The second-order valence-corrected chi connectivity index (χ2v) is 5.63. The number of nitrogens with zero attached hydrogens (tertiary/aromatic N) is 2. The van der Waals surface area contributed by atoms with Gasteiger partial charge in [0, 0.05) is 24.2 Å². The lowest BCUT2D eigenvalue weighted by Gasteiger charge is -2.21. The van der Waals surface area contributed by atoms with Crippen molar-refractivity contribution in [2.75, 3.05) is 18.0 Å². The summed E-state index contributed by atoms with van der Waals surface area (Å²) in [6.07, 6.45) is 4.85. The first kappa shape index (κ1) is 13.9. The molecular weight excluding hydrogens is 262 g/mol. The molecule has 2 aromatic rings. The first-order valence-corrected chi connectivity index (χ1v) is 7.67. The van der Waals surface area contributed by atoms with Crippen molar-refractivity contribution in [2.24, 2.45) is 0 Å². The van der Waals surface area contributed by atoms with E-state index in [0.29, 0.717) is 11.5 Å². The average molecular weight is 283 g/mol. The molecule has 0 aliphatic carbocycles. The zero-order valence-corrected chi connectivity index (χ0v) is 12.4. The van der Waals surface area contributed by atoms with Crippen LogP contribution in [0.5, 0.6) is 0 Å². The first-order valence-electron chi connectivity index (χ1n) is 7.67. The van der Waals surface area contributed by atoms with Crippen LogP contribution in [0.3, 0.4) is 0 Å². The number of H-pyrrole nitrogens is 1. The summed E-state index contributed by atoms with van der Waals surface area (Å²) in [5.41, 5.74) is 2.43. The van der Waals surface area contributed by atoms with Gasteiger partial charge in [0.1, 0.15) is 0 Å². The molecule has 1 aromatic carbocycles. The maximum absolute atomic E-state index is 12.2. The standard InChI is InChI=1S/C17H21N3O/c1-13-15(14-9-5-4-6-10-14)18-17(19-16(13)21)20-11-7-2-3-8-12-20/h4-6,9-10H,2-3,7-8,11-12H2,1H3,(H,18,19,21). The van der Waals surface area contributed by atoms with E-state index in [0.717, 1.165) is 37.2 Å². The van der Waals surface area contributed by atoms with Crippen LogP contribution in [0.1, 0.15) is 31.2 Å². The Balaban J connectivity index is 2.03. The van der Waals surface area contributed by atoms with Crippen molar-refractivity contribution in [3.63, 3.8) is 0 Å². The van der Waals surface area contributed by atoms with Gasteiger partial charge >= 0.3 is 0 Å². The van der Waals surface area contributed by atoms with Crippen LogP contribution in [0.2, 0.25) is 0 Å². The normalized spacial score (nSPS) is 15.8. The van der Waals surface area contributed by atoms with Gasteiger partial charge < -0.3 is 4.90 Å². The minimum Gasteiger partial charge on any atom is -0.342 e. The average Bonchev–Trinajstić information content (AvgIpc) is 2.80. The number of aromatic nitrogens is 2. The molecule has 0 atom stereocenters. The molecule has 1 N–H and O–H groups in total. The van der Waals surface area contributed by atoms with Gasteiger partial charge in [-0.2, -0.15) is 0 Å². The third kappa shape index (κ3) is 2.99. The molecule has 4 heteroatoms. The van der Waals surface area contributed by atoms with Crippen LogP contribution in [0.25, 0.3) is 11.3 Å². The van der Waals surface area contributed by atoms with Gasteiger partial charge in [0.05, 0.1) is 5.69 Å². The molecule has 21 heavy (non-hydrogen) atoms. The predicted octanol–water partition coefficient (Wildman–Crippen LogP) is 3.13. The summed E-state index contributed by atoms with van der Waals surface area (Å²) >= 11 is 0. The molecule has 0 saturated carbocycles. The number of rotatable bonds is 2. The van der Waals surface area contributed by atoms with Crippen LogP contribution < -0.4 is 10.5 Å². The molecule has 0 unspecified atom stereocenters. The molecule has 4 nitrogen and oxygen atoms in total. The molecule has 1 aromatic heterocycles. The Morgan fingerprint density at radius 1 is 1.05 bits per heavy atom.